The van der Waals surface area contributed by atoms with E-state index in [9.17, 15) is 0 Å². The maximum absolute atomic E-state index is 6.81. The van der Waals surface area contributed by atoms with E-state index in [1.165, 1.54) is 0 Å². The number of hydrogen-bond donors (Lipinski definition) is 0. The van der Waals surface area contributed by atoms with Crippen molar-refractivity contribution >= 4 is 93.2 Å². The van der Waals surface area contributed by atoms with Crippen molar-refractivity contribution in [3.8, 4) is 0 Å². The van der Waals surface area contributed by atoms with Gasteiger partial charge in [0.2, 0.25) is 0 Å². The smallest absolute Gasteiger partial charge is 0.111 e. The SMILES string of the molecule is [B]c1c([B])c([B])c2c(c1[B])C(C)(C)c1c([B])c([B])c(C(C)(C)C)c([B])c1C2(C)C. The fraction of sp³-hybridized carbons (Fsp3) is 0.455. The summed E-state index contributed by atoms with van der Waals surface area (Å²) in [4.78, 5) is 0. The van der Waals surface area contributed by atoms with Gasteiger partial charge in [0.15, 0.2) is 0 Å². The molecular weight excluding hydrogens is 340 g/mol. The zero-order valence-corrected chi connectivity index (χ0v) is 18.5. The standard InChI is InChI=1S/C22H21B7/c1-20(2,3)12-13(23)8-9(14(24)17(12)27)22(6,7)11-10(21(8,4)5)15(25)18(28)19(29)16(11)26/h1-7H3. The Morgan fingerprint density at radius 3 is 1.03 bits per heavy atom. The molecule has 0 fully saturated rings. The Balaban J connectivity index is 2.64. The molecule has 130 valence electrons. The minimum Gasteiger partial charge on any atom is -0.111 e. The van der Waals surface area contributed by atoms with Gasteiger partial charge in [0.1, 0.15) is 54.9 Å². The molecule has 1 aliphatic rings. The first-order valence-electron chi connectivity index (χ1n) is 9.77. The molecular formula is C22H21B7. The van der Waals surface area contributed by atoms with E-state index in [0.717, 1.165) is 27.8 Å². The van der Waals surface area contributed by atoms with E-state index >= 15 is 0 Å². The summed E-state index contributed by atoms with van der Waals surface area (Å²) in [7, 11) is 45.4. The van der Waals surface area contributed by atoms with Crippen LogP contribution in [0.3, 0.4) is 0 Å². The van der Waals surface area contributed by atoms with E-state index < -0.39 is 10.8 Å². The highest BCUT2D eigenvalue weighted by atomic mass is 14.5. The molecule has 2 aromatic rings. The minimum absolute atomic E-state index is 0.289. The van der Waals surface area contributed by atoms with Gasteiger partial charge in [-0.15, -0.1) is 16.4 Å². The summed E-state index contributed by atoms with van der Waals surface area (Å²) in [6.07, 6.45) is 0. The molecule has 7 heteroatoms. The van der Waals surface area contributed by atoms with E-state index in [1.54, 1.807) is 0 Å². The highest BCUT2D eigenvalue weighted by molar-refractivity contribution is 6.63. The molecule has 0 N–H and O–H groups in total. The van der Waals surface area contributed by atoms with Crippen LogP contribution in [0.15, 0.2) is 0 Å². The van der Waals surface area contributed by atoms with E-state index in [4.69, 9.17) is 54.9 Å². The molecule has 0 unspecified atom stereocenters. The third kappa shape index (κ3) is 2.82. The third-order valence-electron chi connectivity index (χ3n) is 6.53. The molecule has 3 rings (SSSR count). The highest BCUT2D eigenvalue weighted by Crippen LogP contribution is 2.46. The van der Waals surface area contributed by atoms with E-state index in [1.807, 2.05) is 13.8 Å². The number of rotatable bonds is 0. The van der Waals surface area contributed by atoms with Crippen LogP contribution in [0.4, 0.5) is 0 Å². The van der Waals surface area contributed by atoms with Gasteiger partial charge in [-0.05, 0) is 27.7 Å². The largest absolute Gasteiger partial charge is 0.114 e. The summed E-state index contributed by atoms with van der Waals surface area (Å²) >= 11 is 0. The van der Waals surface area contributed by atoms with E-state index in [2.05, 4.69) is 34.6 Å². The van der Waals surface area contributed by atoms with Crippen LogP contribution in [0.1, 0.15) is 76.3 Å². The molecule has 0 spiro atoms. The van der Waals surface area contributed by atoms with Gasteiger partial charge in [-0.1, -0.05) is 75.9 Å². The van der Waals surface area contributed by atoms with Crippen molar-refractivity contribution in [2.24, 2.45) is 0 Å². The van der Waals surface area contributed by atoms with Gasteiger partial charge in [-0.25, -0.2) is 0 Å². The summed E-state index contributed by atoms with van der Waals surface area (Å²) < 4.78 is 0. The predicted octanol–water partition coefficient (Wildman–Crippen LogP) is -2.49. The summed E-state index contributed by atoms with van der Waals surface area (Å²) in [6.45, 7) is 14.4. The Bertz CT molecular complexity index is 1060. The molecule has 2 aromatic carbocycles. The predicted molar refractivity (Wildman–Crippen MR) is 134 cm³/mol. The van der Waals surface area contributed by atoms with Crippen LogP contribution in [-0.2, 0) is 16.2 Å². The zero-order chi connectivity index (χ0) is 22.4. The Kier molecular flexibility index (Phi) is 5.02. The van der Waals surface area contributed by atoms with Crippen molar-refractivity contribution < 1.29 is 0 Å². The maximum Gasteiger partial charge on any atom is 0.114 e. The normalized spacial score (nSPS) is 16.9. The molecule has 0 bridgehead atoms. The monoisotopic (exact) mass is 362 g/mol. The highest BCUT2D eigenvalue weighted by Gasteiger charge is 2.46. The summed E-state index contributed by atoms with van der Waals surface area (Å²) in [5.41, 5.74) is 5.90. The second-order valence-corrected chi connectivity index (χ2v) is 10.3. The van der Waals surface area contributed by atoms with Crippen LogP contribution >= 0.6 is 0 Å². The average molecular weight is 361 g/mol. The Morgan fingerprint density at radius 1 is 0.448 bits per heavy atom. The zero-order valence-electron chi connectivity index (χ0n) is 18.5. The molecule has 0 aliphatic heterocycles. The van der Waals surface area contributed by atoms with Crippen LogP contribution in [0.25, 0.3) is 0 Å². The van der Waals surface area contributed by atoms with E-state index in [-0.39, 0.29) is 5.41 Å². The molecule has 0 saturated carbocycles. The van der Waals surface area contributed by atoms with Crippen molar-refractivity contribution in [1.29, 1.82) is 0 Å². The van der Waals surface area contributed by atoms with Crippen LogP contribution in [0.2, 0.25) is 0 Å². The molecule has 0 amide bonds. The Hall–Kier alpha value is -1.11. The fourth-order valence-electron chi connectivity index (χ4n) is 5.29. The Morgan fingerprint density at radius 2 is 0.724 bits per heavy atom. The number of benzene rings is 2. The lowest BCUT2D eigenvalue weighted by Gasteiger charge is -2.50. The Labute approximate surface area is 185 Å². The lowest BCUT2D eigenvalue weighted by molar-refractivity contribution is 0.528. The molecule has 0 heterocycles. The van der Waals surface area contributed by atoms with Gasteiger partial charge in [0.05, 0.1) is 0 Å². The van der Waals surface area contributed by atoms with Crippen LogP contribution in [0, 0.1) is 0 Å². The molecule has 1 aliphatic carbocycles. The molecule has 0 nitrogen and oxygen atoms in total. The molecule has 14 radical (unpaired) electrons. The second kappa shape index (κ2) is 6.45. The van der Waals surface area contributed by atoms with Crippen molar-refractivity contribution in [3.05, 3.63) is 27.8 Å². The first-order valence-corrected chi connectivity index (χ1v) is 9.77. The van der Waals surface area contributed by atoms with Crippen molar-refractivity contribution in [3.63, 3.8) is 0 Å². The van der Waals surface area contributed by atoms with Crippen molar-refractivity contribution in [2.75, 3.05) is 0 Å². The third-order valence-corrected chi connectivity index (χ3v) is 6.53. The molecule has 29 heavy (non-hydrogen) atoms. The number of hydrogen-bond acceptors (Lipinski definition) is 0. The lowest BCUT2D eigenvalue weighted by Crippen LogP contribution is -2.60. The average Bonchev–Trinajstić information content (AvgIpc) is 2.56. The van der Waals surface area contributed by atoms with Gasteiger partial charge in [0, 0.05) is 10.8 Å². The van der Waals surface area contributed by atoms with Gasteiger partial charge in [-0.3, -0.25) is 0 Å². The molecule has 0 atom stereocenters. The second-order valence-electron chi connectivity index (χ2n) is 10.3. The fourth-order valence-corrected chi connectivity index (χ4v) is 5.29. The van der Waals surface area contributed by atoms with Gasteiger partial charge in [0.25, 0.3) is 0 Å². The van der Waals surface area contributed by atoms with Gasteiger partial charge < -0.3 is 0 Å². The maximum atomic E-state index is 6.81. The van der Waals surface area contributed by atoms with Crippen LogP contribution in [-0.4, -0.2) is 54.9 Å². The van der Waals surface area contributed by atoms with Crippen molar-refractivity contribution in [2.45, 2.75) is 64.7 Å². The van der Waals surface area contributed by atoms with Crippen LogP contribution < -0.4 is 38.2 Å². The first kappa shape index (κ1) is 22.6. The number of fused-ring (bicyclic) bond motifs is 2. The van der Waals surface area contributed by atoms with Crippen molar-refractivity contribution in [1.82, 2.24) is 0 Å². The first-order chi connectivity index (χ1) is 13.0. The quantitative estimate of drug-likeness (QED) is 0.456. The minimum atomic E-state index is -0.622. The molecule has 0 aromatic heterocycles. The summed E-state index contributed by atoms with van der Waals surface area (Å²) in [5, 5.41) is 0. The lowest BCUT2D eigenvalue weighted by atomic mass is 9.47. The molecule has 0 saturated heterocycles. The van der Waals surface area contributed by atoms with Crippen LogP contribution in [0.5, 0.6) is 0 Å². The van der Waals surface area contributed by atoms with Gasteiger partial charge >= 0.3 is 0 Å². The topological polar surface area (TPSA) is 0 Å². The van der Waals surface area contributed by atoms with E-state index in [0.29, 0.717) is 38.2 Å². The summed E-state index contributed by atoms with van der Waals surface area (Å²) in [5.74, 6) is 0. The van der Waals surface area contributed by atoms with Gasteiger partial charge in [-0.2, -0.15) is 0 Å². The summed E-state index contributed by atoms with van der Waals surface area (Å²) in [6, 6.07) is 0.